The SMILES string of the molecule is CC(N)c1nnc(Nc2cccc3ccccc23)o1. The fourth-order valence-corrected chi connectivity index (χ4v) is 1.92. The molecule has 0 fully saturated rings. The van der Waals surface area contributed by atoms with Crippen molar-refractivity contribution in [2.24, 2.45) is 5.73 Å². The second kappa shape index (κ2) is 4.70. The summed E-state index contributed by atoms with van der Waals surface area (Å²) < 4.78 is 5.44. The van der Waals surface area contributed by atoms with Crippen molar-refractivity contribution in [3.05, 3.63) is 48.4 Å². The number of rotatable bonds is 3. The van der Waals surface area contributed by atoms with Gasteiger partial charge in [0.2, 0.25) is 5.89 Å². The van der Waals surface area contributed by atoms with Crippen LogP contribution in [0.15, 0.2) is 46.9 Å². The van der Waals surface area contributed by atoms with E-state index in [1.807, 2.05) is 30.3 Å². The number of fused-ring (bicyclic) bond motifs is 1. The summed E-state index contributed by atoms with van der Waals surface area (Å²) in [5.41, 5.74) is 6.62. The predicted molar refractivity (Wildman–Crippen MR) is 74.1 cm³/mol. The van der Waals surface area contributed by atoms with Gasteiger partial charge in [-0.3, -0.25) is 0 Å². The van der Waals surface area contributed by atoms with Crippen LogP contribution in [-0.2, 0) is 0 Å². The van der Waals surface area contributed by atoms with Gasteiger partial charge in [-0.15, -0.1) is 5.10 Å². The molecule has 1 atom stereocenters. The molecule has 5 heteroatoms. The Morgan fingerprint density at radius 3 is 2.68 bits per heavy atom. The number of nitrogens with two attached hydrogens (primary N) is 1. The van der Waals surface area contributed by atoms with Gasteiger partial charge in [-0.1, -0.05) is 41.5 Å². The van der Waals surface area contributed by atoms with E-state index in [0.29, 0.717) is 11.9 Å². The molecule has 3 N–H and O–H groups in total. The summed E-state index contributed by atoms with van der Waals surface area (Å²) in [6.45, 7) is 1.80. The Morgan fingerprint density at radius 2 is 1.89 bits per heavy atom. The van der Waals surface area contributed by atoms with Gasteiger partial charge in [-0.05, 0) is 18.4 Å². The first-order chi connectivity index (χ1) is 9.24. The summed E-state index contributed by atoms with van der Waals surface area (Å²) in [4.78, 5) is 0. The van der Waals surface area contributed by atoms with Crippen LogP contribution in [-0.4, -0.2) is 10.2 Å². The minimum Gasteiger partial charge on any atom is -0.406 e. The summed E-state index contributed by atoms with van der Waals surface area (Å²) >= 11 is 0. The smallest absolute Gasteiger partial charge is 0.320 e. The van der Waals surface area contributed by atoms with Crippen LogP contribution in [0.1, 0.15) is 18.9 Å². The van der Waals surface area contributed by atoms with Crippen molar-refractivity contribution in [3.8, 4) is 0 Å². The summed E-state index contributed by atoms with van der Waals surface area (Å²) in [5, 5.41) is 13.2. The van der Waals surface area contributed by atoms with Crippen molar-refractivity contribution in [3.63, 3.8) is 0 Å². The predicted octanol–water partition coefficient (Wildman–Crippen LogP) is 2.99. The minimum atomic E-state index is -0.268. The molecule has 0 radical (unpaired) electrons. The highest BCUT2D eigenvalue weighted by atomic mass is 16.4. The van der Waals surface area contributed by atoms with E-state index >= 15 is 0 Å². The molecule has 19 heavy (non-hydrogen) atoms. The molecule has 0 amide bonds. The van der Waals surface area contributed by atoms with Crippen molar-refractivity contribution >= 4 is 22.5 Å². The number of benzene rings is 2. The van der Waals surface area contributed by atoms with E-state index in [-0.39, 0.29) is 6.04 Å². The molecule has 1 aromatic heterocycles. The molecule has 0 aliphatic rings. The zero-order chi connectivity index (χ0) is 13.2. The molecule has 2 aromatic carbocycles. The Hall–Kier alpha value is -2.40. The lowest BCUT2D eigenvalue weighted by Crippen LogP contribution is -2.04. The minimum absolute atomic E-state index is 0.268. The van der Waals surface area contributed by atoms with Gasteiger partial charge in [0.1, 0.15) is 0 Å². The van der Waals surface area contributed by atoms with Gasteiger partial charge in [0, 0.05) is 5.39 Å². The highest BCUT2D eigenvalue weighted by molar-refractivity contribution is 5.94. The second-order valence-electron chi connectivity index (χ2n) is 4.39. The maximum absolute atomic E-state index is 5.69. The first-order valence-electron chi connectivity index (χ1n) is 6.08. The van der Waals surface area contributed by atoms with Gasteiger partial charge >= 0.3 is 6.01 Å². The van der Waals surface area contributed by atoms with Crippen LogP contribution in [0.25, 0.3) is 10.8 Å². The Bertz CT molecular complexity index is 700. The van der Waals surface area contributed by atoms with E-state index < -0.39 is 0 Å². The molecule has 1 heterocycles. The van der Waals surface area contributed by atoms with Crippen LogP contribution >= 0.6 is 0 Å². The molecule has 0 saturated carbocycles. The Kier molecular flexibility index (Phi) is 2.89. The average Bonchev–Trinajstić information content (AvgIpc) is 2.88. The first kappa shape index (κ1) is 11.7. The van der Waals surface area contributed by atoms with Gasteiger partial charge in [0.15, 0.2) is 0 Å². The Labute approximate surface area is 110 Å². The van der Waals surface area contributed by atoms with Crippen LogP contribution in [0, 0.1) is 0 Å². The molecule has 0 aliphatic carbocycles. The van der Waals surface area contributed by atoms with Gasteiger partial charge in [0.25, 0.3) is 0 Å². The van der Waals surface area contributed by atoms with E-state index in [1.54, 1.807) is 6.92 Å². The lowest BCUT2D eigenvalue weighted by atomic mass is 10.1. The fourth-order valence-electron chi connectivity index (χ4n) is 1.92. The van der Waals surface area contributed by atoms with Crippen LogP contribution < -0.4 is 11.1 Å². The second-order valence-corrected chi connectivity index (χ2v) is 4.39. The first-order valence-corrected chi connectivity index (χ1v) is 6.08. The lowest BCUT2D eigenvalue weighted by molar-refractivity contribution is 0.476. The zero-order valence-electron chi connectivity index (χ0n) is 10.5. The Morgan fingerprint density at radius 1 is 1.11 bits per heavy atom. The average molecular weight is 254 g/mol. The van der Waals surface area contributed by atoms with Crippen LogP contribution in [0.3, 0.4) is 0 Å². The molecule has 3 aromatic rings. The van der Waals surface area contributed by atoms with Gasteiger partial charge < -0.3 is 15.5 Å². The van der Waals surface area contributed by atoms with Crippen molar-refractivity contribution in [1.29, 1.82) is 0 Å². The third-order valence-corrected chi connectivity index (χ3v) is 2.86. The van der Waals surface area contributed by atoms with E-state index in [4.69, 9.17) is 10.2 Å². The zero-order valence-corrected chi connectivity index (χ0v) is 10.5. The molecule has 0 aliphatic heterocycles. The maximum atomic E-state index is 5.69. The molecule has 0 bridgehead atoms. The molecule has 96 valence electrons. The quantitative estimate of drug-likeness (QED) is 0.751. The van der Waals surface area contributed by atoms with E-state index in [9.17, 15) is 0 Å². The summed E-state index contributed by atoms with van der Waals surface area (Å²) in [6.07, 6.45) is 0. The van der Waals surface area contributed by atoms with Gasteiger partial charge in [-0.25, -0.2) is 0 Å². The molecule has 0 spiro atoms. The number of nitrogens with zero attached hydrogens (tertiary/aromatic N) is 2. The van der Waals surface area contributed by atoms with Gasteiger partial charge in [0.05, 0.1) is 11.7 Å². The van der Waals surface area contributed by atoms with Crippen LogP contribution in [0.5, 0.6) is 0 Å². The highest BCUT2D eigenvalue weighted by Crippen LogP contribution is 2.26. The van der Waals surface area contributed by atoms with Crippen molar-refractivity contribution in [2.45, 2.75) is 13.0 Å². The summed E-state index contributed by atoms with van der Waals surface area (Å²) in [7, 11) is 0. The number of nitrogens with one attached hydrogen (secondary N) is 1. The summed E-state index contributed by atoms with van der Waals surface area (Å²) in [6, 6.07) is 14.2. The van der Waals surface area contributed by atoms with Crippen molar-refractivity contribution < 1.29 is 4.42 Å². The molecular formula is C14H14N4O. The number of aromatic nitrogens is 2. The third-order valence-electron chi connectivity index (χ3n) is 2.86. The molecule has 3 rings (SSSR count). The monoisotopic (exact) mass is 254 g/mol. The van der Waals surface area contributed by atoms with Crippen molar-refractivity contribution in [2.75, 3.05) is 5.32 Å². The molecule has 1 unspecified atom stereocenters. The Balaban J connectivity index is 1.96. The molecular weight excluding hydrogens is 240 g/mol. The number of hydrogen-bond donors (Lipinski definition) is 2. The van der Waals surface area contributed by atoms with E-state index in [2.05, 4.69) is 27.6 Å². The topological polar surface area (TPSA) is 77.0 Å². The van der Waals surface area contributed by atoms with E-state index in [0.717, 1.165) is 16.5 Å². The lowest BCUT2D eigenvalue weighted by Gasteiger charge is -2.05. The van der Waals surface area contributed by atoms with Crippen LogP contribution in [0.4, 0.5) is 11.7 Å². The summed E-state index contributed by atoms with van der Waals surface area (Å²) in [5.74, 6) is 0.419. The normalized spacial score (nSPS) is 12.5. The fraction of sp³-hybridized carbons (Fsp3) is 0.143. The standard InChI is InChI=1S/C14H14N4O/c1-9(15)13-17-18-14(19-13)16-12-8-4-6-10-5-2-3-7-11(10)12/h2-9H,15H2,1H3,(H,16,18). The van der Waals surface area contributed by atoms with Gasteiger partial charge in [-0.2, -0.15) is 0 Å². The number of anilines is 2. The molecule has 0 saturated heterocycles. The highest BCUT2D eigenvalue weighted by Gasteiger charge is 2.10. The maximum Gasteiger partial charge on any atom is 0.320 e. The third kappa shape index (κ3) is 2.28. The van der Waals surface area contributed by atoms with Crippen molar-refractivity contribution in [1.82, 2.24) is 10.2 Å². The largest absolute Gasteiger partial charge is 0.406 e. The number of hydrogen-bond acceptors (Lipinski definition) is 5. The van der Waals surface area contributed by atoms with E-state index in [1.165, 1.54) is 0 Å². The molecule has 5 nitrogen and oxygen atoms in total. The van der Waals surface area contributed by atoms with Crippen LogP contribution in [0.2, 0.25) is 0 Å².